The van der Waals surface area contributed by atoms with Crippen molar-refractivity contribution < 1.29 is 9.59 Å². The highest BCUT2D eigenvalue weighted by Crippen LogP contribution is 2.25. The number of nitrogens with zero attached hydrogens (tertiary/aromatic N) is 2. The molecule has 1 fully saturated rings. The summed E-state index contributed by atoms with van der Waals surface area (Å²) in [4.78, 5) is 30.6. The summed E-state index contributed by atoms with van der Waals surface area (Å²) in [6.45, 7) is 2.28. The molecular weight excluding hydrogens is 374 g/mol. The highest BCUT2D eigenvalue weighted by atomic mass is 35.5. The molecule has 1 aliphatic rings. The molecule has 0 aliphatic carbocycles. The van der Waals surface area contributed by atoms with Crippen molar-refractivity contribution in [3.8, 4) is 0 Å². The highest BCUT2D eigenvalue weighted by Gasteiger charge is 2.33. The van der Waals surface area contributed by atoms with Crippen LogP contribution in [0.2, 0.25) is 5.15 Å². The predicted octanol–water partition coefficient (Wildman–Crippen LogP) is 4.33. The summed E-state index contributed by atoms with van der Waals surface area (Å²) in [5.74, 6) is -0.360. The molecule has 0 unspecified atom stereocenters. The average molecular weight is 392 g/mol. The number of nitrogens with one attached hydrogen (secondary N) is 1. The van der Waals surface area contributed by atoms with E-state index in [1.54, 1.807) is 6.08 Å². The largest absolute Gasteiger partial charge is 0.329 e. The third-order valence-electron chi connectivity index (χ3n) is 4.76. The quantitative estimate of drug-likeness (QED) is 0.409. The number of pyridine rings is 1. The first-order valence-electron chi connectivity index (χ1n) is 8.97. The second kappa shape index (κ2) is 7.44. The molecule has 1 aromatic heterocycles. The van der Waals surface area contributed by atoms with E-state index in [0.29, 0.717) is 23.7 Å². The zero-order valence-corrected chi connectivity index (χ0v) is 16.0. The molecule has 6 heteroatoms. The van der Waals surface area contributed by atoms with Gasteiger partial charge in [-0.25, -0.2) is 9.78 Å². The summed E-state index contributed by atoms with van der Waals surface area (Å²) in [6.07, 6.45) is 2.19. The van der Waals surface area contributed by atoms with Crippen LogP contribution >= 0.6 is 11.6 Å². The number of hydrogen-bond acceptors (Lipinski definition) is 3. The van der Waals surface area contributed by atoms with Crippen molar-refractivity contribution in [3.63, 3.8) is 0 Å². The van der Waals surface area contributed by atoms with Crippen molar-refractivity contribution >= 4 is 40.5 Å². The fourth-order valence-electron chi connectivity index (χ4n) is 3.26. The minimum absolute atomic E-state index is 0.203. The van der Waals surface area contributed by atoms with Gasteiger partial charge >= 0.3 is 6.03 Å². The zero-order valence-electron chi connectivity index (χ0n) is 15.3. The second-order valence-corrected chi connectivity index (χ2v) is 7.05. The molecule has 1 saturated heterocycles. The Kier molecular flexibility index (Phi) is 4.84. The molecule has 3 aromatic rings. The van der Waals surface area contributed by atoms with Crippen LogP contribution in [0.5, 0.6) is 0 Å². The third kappa shape index (κ3) is 3.49. The van der Waals surface area contributed by atoms with E-state index >= 15 is 0 Å². The van der Waals surface area contributed by atoms with Crippen LogP contribution in [0.25, 0.3) is 17.0 Å². The van der Waals surface area contributed by atoms with Crippen molar-refractivity contribution in [2.75, 3.05) is 6.54 Å². The topological polar surface area (TPSA) is 62.3 Å². The first-order chi connectivity index (χ1) is 13.5. The Hall–Kier alpha value is -3.18. The van der Waals surface area contributed by atoms with Gasteiger partial charge in [-0.15, -0.1) is 0 Å². The van der Waals surface area contributed by atoms with Gasteiger partial charge in [-0.3, -0.25) is 9.69 Å². The summed E-state index contributed by atoms with van der Waals surface area (Å²) < 4.78 is 0. The number of rotatable bonds is 4. The molecule has 3 amide bonds. The van der Waals surface area contributed by atoms with Crippen LogP contribution in [0.15, 0.2) is 60.3 Å². The van der Waals surface area contributed by atoms with Crippen molar-refractivity contribution in [2.24, 2.45) is 0 Å². The molecule has 0 saturated carbocycles. The van der Waals surface area contributed by atoms with E-state index in [9.17, 15) is 9.59 Å². The lowest BCUT2D eigenvalue weighted by Crippen LogP contribution is -2.32. The number of halogens is 1. The van der Waals surface area contributed by atoms with Crippen LogP contribution in [0, 0.1) is 6.92 Å². The van der Waals surface area contributed by atoms with E-state index in [-0.39, 0.29) is 11.6 Å². The first kappa shape index (κ1) is 18.2. The summed E-state index contributed by atoms with van der Waals surface area (Å²) in [7, 11) is 0. The molecule has 5 nitrogen and oxygen atoms in total. The van der Waals surface area contributed by atoms with Gasteiger partial charge in [0.1, 0.15) is 10.9 Å². The number of carbonyl (C=O) groups excluding carboxylic acids is 2. The number of carbonyl (C=O) groups is 2. The number of imide groups is 1. The molecule has 0 spiro atoms. The minimum Gasteiger partial charge on any atom is -0.303 e. The third-order valence-corrected chi connectivity index (χ3v) is 5.06. The fourth-order valence-corrected chi connectivity index (χ4v) is 3.45. The molecule has 1 aliphatic heterocycles. The SMILES string of the molecule is Cc1cccc2cc(/C=C3\NC(=O)N(CCc4ccccc4)C3=O)c(Cl)nc12. The zero-order chi connectivity index (χ0) is 19.7. The van der Waals surface area contributed by atoms with E-state index in [1.165, 1.54) is 4.90 Å². The summed E-state index contributed by atoms with van der Waals surface area (Å²) >= 11 is 6.32. The second-order valence-electron chi connectivity index (χ2n) is 6.70. The number of aryl methyl sites for hydroxylation is 1. The van der Waals surface area contributed by atoms with E-state index in [1.807, 2.05) is 61.5 Å². The molecule has 0 radical (unpaired) electrons. The van der Waals surface area contributed by atoms with E-state index in [2.05, 4.69) is 10.3 Å². The van der Waals surface area contributed by atoms with Gasteiger partial charge in [0.05, 0.1) is 5.52 Å². The van der Waals surface area contributed by atoms with Crippen molar-refractivity contribution in [1.29, 1.82) is 0 Å². The number of para-hydroxylation sites is 1. The van der Waals surface area contributed by atoms with Crippen LogP contribution in [0.3, 0.4) is 0 Å². The maximum Gasteiger partial charge on any atom is 0.329 e. The number of fused-ring (bicyclic) bond motifs is 1. The minimum atomic E-state index is -0.423. The number of aromatic nitrogens is 1. The van der Waals surface area contributed by atoms with Gasteiger partial charge in [0.15, 0.2) is 0 Å². The van der Waals surface area contributed by atoms with Crippen molar-refractivity contribution in [1.82, 2.24) is 15.2 Å². The van der Waals surface area contributed by atoms with Crippen molar-refractivity contribution in [3.05, 3.63) is 82.1 Å². The number of amides is 3. The molecule has 2 heterocycles. The number of hydrogen-bond donors (Lipinski definition) is 1. The standard InChI is InChI=1S/C22H18ClN3O2/c1-14-6-5-9-16-12-17(20(23)25-19(14)16)13-18-21(27)26(22(28)24-18)11-10-15-7-3-2-4-8-15/h2-9,12-13H,10-11H2,1H3,(H,24,28)/b18-13-. The van der Waals surface area contributed by atoms with E-state index in [4.69, 9.17) is 11.6 Å². The normalized spacial score (nSPS) is 15.5. The van der Waals surface area contributed by atoms with E-state index < -0.39 is 6.03 Å². The van der Waals surface area contributed by atoms with Gasteiger partial charge < -0.3 is 5.32 Å². The smallest absolute Gasteiger partial charge is 0.303 e. The van der Waals surface area contributed by atoms with Crippen LogP contribution in [-0.4, -0.2) is 28.4 Å². The Morgan fingerprint density at radius 1 is 1.11 bits per heavy atom. The molecule has 0 bridgehead atoms. The maximum absolute atomic E-state index is 12.7. The Labute approximate surface area is 167 Å². The van der Waals surface area contributed by atoms with Gasteiger partial charge in [0.25, 0.3) is 5.91 Å². The predicted molar refractivity (Wildman–Crippen MR) is 110 cm³/mol. The van der Waals surface area contributed by atoms with Crippen LogP contribution in [0.4, 0.5) is 4.79 Å². The first-order valence-corrected chi connectivity index (χ1v) is 9.35. The average Bonchev–Trinajstić information content (AvgIpc) is 2.95. The Morgan fingerprint density at radius 3 is 2.68 bits per heavy atom. The molecule has 1 N–H and O–H groups in total. The Balaban J connectivity index is 1.58. The monoisotopic (exact) mass is 391 g/mol. The molecule has 0 atom stereocenters. The van der Waals surface area contributed by atoms with Crippen LogP contribution in [0.1, 0.15) is 16.7 Å². The maximum atomic E-state index is 12.7. The number of benzene rings is 2. The lowest BCUT2D eigenvalue weighted by Gasteiger charge is -2.11. The number of urea groups is 1. The molecule has 140 valence electrons. The highest BCUT2D eigenvalue weighted by molar-refractivity contribution is 6.31. The fraction of sp³-hybridized carbons (Fsp3) is 0.136. The van der Waals surface area contributed by atoms with Gasteiger partial charge in [0.2, 0.25) is 0 Å². The summed E-state index contributed by atoms with van der Waals surface area (Å²) in [6, 6.07) is 17.0. The van der Waals surface area contributed by atoms with Crippen LogP contribution < -0.4 is 5.32 Å². The summed E-state index contributed by atoms with van der Waals surface area (Å²) in [5, 5.41) is 3.85. The van der Waals surface area contributed by atoms with E-state index in [0.717, 1.165) is 22.0 Å². The Bertz CT molecular complexity index is 1110. The van der Waals surface area contributed by atoms with Gasteiger partial charge in [-0.1, -0.05) is 60.1 Å². The van der Waals surface area contributed by atoms with Gasteiger partial charge in [-0.2, -0.15) is 0 Å². The van der Waals surface area contributed by atoms with Gasteiger partial charge in [-0.05, 0) is 36.6 Å². The molecule has 2 aromatic carbocycles. The van der Waals surface area contributed by atoms with Crippen LogP contribution in [-0.2, 0) is 11.2 Å². The molecular formula is C22H18ClN3O2. The molecule has 4 rings (SSSR count). The molecule has 28 heavy (non-hydrogen) atoms. The lowest BCUT2D eigenvalue weighted by atomic mass is 10.1. The van der Waals surface area contributed by atoms with Gasteiger partial charge in [0, 0.05) is 17.5 Å². The summed E-state index contributed by atoms with van der Waals surface area (Å²) in [5.41, 5.74) is 3.71. The van der Waals surface area contributed by atoms with Crippen molar-refractivity contribution in [2.45, 2.75) is 13.3 Å². The lowest BCUT2D eigenvalue weighted by molar-refractivity contribution is -0.122. The Morgan fingerprint density at radius 2 is 1.89 bits per heavy atom.